The maximum atomic E-state index is 13.0. The van der Waals surface area contributed by atoms with E-state index in [0.29, 0.717) is 25.2 Å². The Bertz CT molecular complexity index is 855. The summed E-state index contributed by atoms with van der Waals surface area (Å²) in [5.74, 6) is 0.120. The number of methoxy groups -OCH3 is 1. The number of amides is 1. The van der Waals surface area contributed by atoms with Crippen LogP contribution in [0.4, 0.5) is 0 Å². The highest BCUT2D eigenvalue weighted by Crippen LogP contribution is 2.28. The van der Waals surface area contributed by atoms with Crippen LogP contribution in [-0.4, -0.2) is 57.0 Å². The molecule has 3 rings (SSSR count). The average Bonchev–Trinajstić information content (AvgIpc) is 3.08. The van der Waals surface area contributed by atoms with E-state index < -0.39 is 9.84 Å². The number of aryl methyl sites for hydroxylation is 1. The number of benzene rings is 1. The molecule has 130 valence electrons. The molecule has 0 saturated carbocycles. The predicted octanol–water partition coefficient (Wildman–Crippen LogP) is 2.02. The standard InChI is InChI=1S/C17H21NO5S/c1-12-14-5-3-4-6-15(14)23-16(12)17(19)18(8-9-22-2)13-7-10-24(20,21)11-13/h3-6,13H,7-11H2,1-2H3. The van der Waals surface area contributed by atoms with E-state index in [0.717, 1.165) is 10.9 Å². The zero-order chi connectivity index (χ0) is 17.3. The van der Waals surface area contributed by atoms with Crippen LogP contribution in [0.5, 0.6) is 0 Å². The lowest BCUT2D eigenvalue weighted by atomic mass is 10.1. The topological polar surface area (TPSA) is 76.8 Å². The summed E-state index contributed by atoms with van der Waals surface area (Å²) in [5, 5.41) is 0.895. The van der Waals surface area contributed by atoms with Gasteiger partial charge in [-0.3, -0.25) is 4.79 Å². The van der Waals surface area contributed by atoms with Crippen molar-refractivity contribution in [2.24, 2.45) is 0 Å². The second-order valence-electron chi connectivity index (χ2n) is 6.10. The summed E-state index contributed by atoms with van der Waals surface area (Å²) in [6.45, 7) is 2.53. The summed E-state index contributed by atoms with van der Waals surface area (Å²) in [6.07, 6.45) is 0.455. The van der Waals surface area contributed by atoms with Crippen LogP contribution in [0, 0.1) is 6.92 Å². The molecular weight excluding hydrogens is 330 g/mol. The summed E-state index contributed by atoms with van der Waals surface area (Å²) >= 11 is 0. The average molecular weight is 351 g/mol. The van der Waals surface area contributed by atoms with Gasteiger partial charge in [-0.25, -0.2) is 8.42 Å². The fourth-order valence-corrected chi connectivity index (χ4v) is 4.90. The van der Waals surface area contributed by atoms with Gasteiger partial charge in [-0.2, -0.15) is 0 Å². The van der Waals surface area contributed by atoms with Gasteiger partial charge in [0.25, 0.3) is 5.91 Å². The minimum absolute atomic E-state index is 0.00172. The van der Waals surface area contributed by atoms with Crippen LogP contribution in [0.2, 0.25) is 0 Å². The van der Waals surface area contributed by atoms with E-state index in [1.165, 1.54) is 0 Å². The molecule has 0 bridgehead atoms. The third-order valence-electron chi connectivity index (χ3n) is 4.48. The number of rotatable bonds is 5. The lowest BCUT2D eigenvalue weighted by Crippen LogP contribution is -2.43. The number of carbonyl (C=O) groups is 1. The van der Waals surface area contributed by atoms with E-state index in [4.69, 9.17) is 9.15 Å². The minimum atomic E-state index is -3.08. The van der Waals surface area contributed by atoms with Crippen molar-refractivity contribution in [3.63, 3.8) is 0 Å². The first kappa shape index (κ1) is 17.0. The Balaban J connectivity index is 1.94. The lowest BCUT2D eigenvalue weighted by Gasteiger charge is -2.27. The van der Waals surface area contributed by atoms with E-state index in [-0.39, 0.29) is 29.2 Å². The van der Waals surface area contributed by atoms with E-state index in [2.05, 4.69) is 0 Å². The number of carbonyl (C=O) groups excluding carboxylic acids is 1. The fraction of sp³-hybridized carbons (Fsp3) is 0.471. The van der Waals surface area contributed by atoms with Crippen LogP contribution in [0.25, 0.3) is 11.0 Å². The van der Waals surface area contributed by atoms with Crippen LogP contribution >= 0.6 is 0 Å². The number of hydrogen-bond donors (Lipinski definition) is 0. The number of nitrogens with zero attached hydrogens (tertiary/aromatic N) is 1. The molecule has 0 spiro atoms. The molecule has 1 atom stereocenters. The molecule has 1 aliphatic rings. The number of ether oxygens (including phenoxy) is 1. The Labute approximate surface area is 141 Å². The Morgan fingerprint density at radius 3 is 2.75 bits per heavy atom. The van der Waals surface area contributed by atoms with Crippen molar-refractivity contribution >= 4 is 26.7 Å². The van der Waals surface area contributed by atoms with E-state index >= 15 is 0 Å². The van der Waals surface area contributed by atoms with Crippen molar-refractivity contribution in [1.29, 1.82) is 0 Å². The normalized spacial score (nSPS) is 19.7. The molecule has 24 heavy (non-hydrogen) atoms. The van der Waals surface area contributed by atoms with Crippen molar-refractivity contribution in [2.45, 2.75) is 19.4 Å². The van der Waals surface area contributed by atoms with Crippen LogP contribution < -0.4 is 0 Å². The second-order valence-corrected chi connectivity index (χ2v) is 8.33. The molecule has 1 aliphatic heterocycles. The molecule has 7 heteroatoms. The van der Waals surface area contributed by atoms with E-state index in [1.807, 2.05) is 31.2 Å². The summed E-state index contributed by atoms with van der Waals surface area (Å²) in [4.78, 5) is 14.6. The van der Waals surface area contributed by atoms with Gasteiger partial charge in [0.05, 0.1) is 18.1 Å². The first-order valence-corrected chi connectivity index (χ1v) is 9.73. The first-order valence-electron chi connectivity index (χ1n) is 7.91. The smallest absolute Gasteiger partial charge is 0.290 e. The van der Waals surface area contributed by atoms with Crippen LogP contribution in [0.3, 0.4) is 0 Å². The molecule has 6 nitrogen and oxygen atoms in total. The molecule has 0 radical (unpaired) electrons. The maximum Gasteiger partial charge on any atom is 0.290 e. The highest BCUT2D eigenvalue weighted by atomic mass is 32.2. The molecular formula is C17H21NO5S. The van der Waals surface area contributed by atoms with E-state index in [1.54, 1.807) is 12.0 Å². The monoisotopic (exact) mass is 351 g/mol. The molecule has 1 aromatic carbocycles. The Hall–Kier alpha value is -1.86. The van der Waals surface area contributed by atoms with Crippen LogP contribution in [0.1, 0.15) is 22.5 Å². The highest BCUT2D eigenvalue weighted by molar-refractivity contribution is 7.91. The predicted molar refractivity (Wildman–Crippen MR) is 90.9 cm³/mol. The molecule has 2 aromatic rings. The Morgan fingerprint density at radius 1 is 1.38 bits per heavy atom. The zero-order valence-corrected chi connectivity index (χ0v) is 14.6. The molecule has 1 aromatic heterocycles. The van der Waals surface area contributed by atoms with Gasteiger partial charge in [0.15, 0.2) is 15.6 Å². The SMILES string of the molecule is COCCN(C(=O)c1oc2ccccc2c1C)C1CCS(=O)(=O)C1. The summed E-state index contributed by atoms with van der Waals surface area (Å²) in [5.41, 5.74) is 1.43. The largest absolute Gasteiger partial charge is 0.451 e. The van der Waals surface area contributed by atoms with Gasteiger partial charge in [-0.1, -0.05) is 18.2 Å². The summed E-state index contributed by atoms with van der Waals surface area (Å²) in [7, 11) is -1.53. The van der Waals surface area contributed by atoms with Crippen molar-refractivity contribution < 1.29 is 22.4 Å². The summed E-state index contributed by atoms with van der Waals surface area (Å²) < 4.78 is 34.4. The molecule has 0 aliphatic carbocycles. The van der Waals surface area contributed by atoms with Gasteiger partial charge in [0.1, 0.15) is 5.58 Å². The maximum absolute atomic E-state index is 13.0. The van der Waals surface area contributed by atoms with Gasteiger partial charge in [0, 0.05) is 30.6 Å². The highest BCUT2D eigenvalue weighted by Gasteiger charge is 2.36. The molecule has 0 N–H and O–H groups in total. The molecule has 2 heterocycles. The van der Waals surface area contributed by atoms with Crippen molar-refractivity contribution in [3.05, 3.63) is 35.6 Å². The minimum Gasteiger partial charge on any atom is -0.451 e. The number of furan rings is 1. The van der Waals surface area contributed by atoms with Crippen molar-refractivity contribution in [3.8, 4) is 0 Å². The van der Waals surface area contributed by atoms with Crippen LogP contribution in [-0.2, 0) is 14.6 Å². The second kappa shape index (κ2) is 6.57. The van der Waals surface area contributed by atoms with Gasteiger partial charge in [-0.05, 0) is 19.4 Å². The Morgan fingerprint density at radius 2 is 2.12 bits per heavy atom. The van der Waals surface area contributed by atoms with Crippen LogP contribution in [0.15, 0.2) is 28.7 Å². The molecule has 1 unspecified atom stereocenters. The van der Waals surface area contributed by atoms with Gasteiger partial charge >= 0.3 is 0 Å². The molecule has 1 amide bonds. The third-order valence-corrected chi connectivity index (χ3v) is 6.23. The zero-order valence-electron chi connectivity index (χ0n) is 13.8. The number of hydrogen-bond acceptors (Lipinski definition) is 5. The molecule has 1 fully saturated rings. The van der Waals surface area contributed by atoms with Crippen molar-refractivity contribution in [2.75, 3.05) is 31.8 Å². The van der Waals surface area contributed by atoms with Gasteiger partial charge in [0.2, 0.25) is 0 Å². The Kier molecular flexibility index (Phi) is 4.64. The number of para-hydroxylation sites is 1. The number of fused-ring (bicyclic) bond motifs is 1. The van der Waals surface area contributed by atoms with Gasteiger partial charge < -0.3 is 14.1 Å². The van der Waals surface area contributed by atoms with E-state index in [9.17, 15) is 13.2 Å². The lowest BCUT2D eigenvalue weighted by molar-refractivity contribution is 0.0594. The molecule has 1 saturated heterocycles. The van der Waals surface area contributed by atoms with Crippen molar-refractivity contribution in [1.82, 2.24) is 4.90 Å². The fourth-order valence-electron chi connectivity index (χ4n) is 3.17. The quantitative estimate of drug-likeness (QED) is 0.824. The third kappa shape index (κ3) is 3.18. The van der Waals surface area contributed by atoms with Gasteiger partial charge in [-0.15, -0.1) is 0 Å². The summed E-state index contributed by atoms with van der Waals surface area (Å²) in [6, 6.07) is 7.14. The number of sulfone groups is 1. The first-order chi connectivity index (χ1) is 11.4.